The molecule has 1 atom stereocenters. The molecule has 5 nitrogen and oxygen atoms in total. The van der Waals surface area contributed by atoms with Crippen molar-refractivity contribution < 1.29 is 4.79 Å². The molecule has 0 aliphatic heterocycles. The fourth-order valence-corrected chi connectivity index (χ4v) is 3.48. The van der Waals surface area contributed by atoms with Crippen LogP contribution < -0.4 is 10.6 Å². The van der Waals surface area contributed by atoms with Crippen molar-refractivity contribution in [1.29, 1.82) is 0 Å². The normalized spacial score (nSPS) is 26.8. The predicted molar refractivity (Wildman–Crippen MR) is 76.6 cm³/mol. The van der Waals surface area contributed by atoms with Crippen molar-refractivity contribution in [3.8, 4) is 0 Å². The van der Waals surface area contributed by atoms with Crippen molar-refractivity contribution in [3.63, 3.8) is 0 Å². The van der Waals surface area contributed by atoms with Crippen molar-refractivity contribution in [2.45, 2.75) is 56.9 Å². The van der Waals surface area contributed by atoms with Gasteiger partial charge in [0.25, 0.3) is 0 Å². The smallest absolute Gasteiger partial charge is 0.320 e. The minimum atomic E-state index is -0.0851. The average Bonchev–Trinajstić information content (AvgIpc) is 3.28. The molecule has 3 fully saturated rings. The van der Waals surface area contributed by atoms with Crippen LogP contribution in [0.4, 0.5) is 10.6 Å². The van der Waals surface area contributed by atoms with Crippen LogP contribution in [0.5, 0.6) is 0 Å². The maximum absolute atomic E-state index is 12.1. The molecule has 0 aromatic carbocycles. The molecule has 3 aliphatic carbocycles. The molecule has 0 bridgehead atoms. The lowest BCUT2D eigenvalue weighted by atomic mass is 10.1. The topological polar surface area (TPSA) is 59.0 Å². The van der Waals surface area contributed by atoms with Gasteiger partial charge < -0.3 is 5.32 Å². The van der Waals surface area contributed by atoms with E-state index in [1.165, 1.54) is 38.5 Å². The Morgan fingerprint density at radius 3 is 2.80 bits per heavy atom. The van der Waals surface area contributed by atoms with E-state index in [9.17, 15) is 4.79 Å². The van der Waals surface area contributed by atoms with E-state index in [1.54, 1.807) is 4.68 Å². The number of aryl methyl sites for hydroxylation is 1. The molecular weight excluding hydrogens is 252 g/mol. The number of nitrogens with one attached hydrogen (secondary N) is 2. The van der Waals surface area contributed by atoms with Crippen molar-refractivity contribution in [2.75, 3.05) is 5.32 Å². The number of carbonyl (C=O) groups excluding carboxylic acids is 1. The number of nitrogens with zero attached hydrogens (tertiary/aromatic N) is 2. The summed E-state index contributed by atoms with van der Waals surface area (Å²) in [5.74, 6) is 1.41. The first-order chi connectivity index (χ1) is 9.63. The highest BCUT2D eigenvalue weighted by Gasteiger charge is 2.48. The van der Waals surface area contributed by atoms with Crippen LogP contribution in [-0.4, -0.2) is 21.9 Å². The third kappa shape index (κ3) is 2.30. The maximum Gasteiger partial charge on any atom is 0.320 e. The van der Waals surface area contributed by atoms with Gasteiger partial charge >= 0.3 is 6.03 Å². The first-order valence-corrected chi connectivity index (χ1v) is 7.75. The van der Waals surface area contributed by atoms with Gasteiger partial charge in [0, 0.05) is 25.1 Å². The van der Waals surface area contributed by atoms with Crippen LogP contribution in [0.15, 0.2) is 6.07 Å². The lowest BCUT2D eigenvalue weighted by Gasteiger charge is -2.13. The van der Waals surface area contributed by atoms with Crippen LogP contribution in [0, 0.1) is 5.41 Å². The minimum absolute atomic E-state index is 0.0851. The first-order valence-electron chi connectivity index (χ1n) is 7.75. The van der Waals surface area contributed by atoms with Gasteiger partial charge in [0.1, 0.15) is 5.82 Å². The standard InChI is InChI=1S/C15H22N4O/c1-19-13(8-12(18-19)10-2-3-10)17-14(20)16-11-4-5-15(9-11)6-7-15/h8,10-11H,2-7,9H2,1H3,(H2,16,17,20). The Labute approximate surface area is 119 Å². The fraction of sp³-hybridized carbons (Fsp3) is 0.733. The highest BCUT2D eigenvalue weighted by atomic mass is 16.2. The van der Waals surface area contributed by atoms with Crippen LogP contribution in [0.1, 0.15) is 56.6 Å². The number of hydrogen-bond donors (Lipinski definition) is 2. The van der Waals surface area contributed by atoms with Crippen LogP contribution in [0.2, 0.25) is 0 Å². The quantitative estimate of drug-likeness (QED) is 0.890. The zero-order valence-corrected chi connectivity index (χ0v) is 12.0. The van der Waals surface area contributed by atoms with E-state index >= 15 is 0 Å². The van der Waals surface area contributed by atoms with Gasteiger partial charge in [-0.1, -0.05) is 0 Å². The maximum atomic E-state index is 12.1. The molecule has 1 heterocycles. The minimum Gasteiger partial charge on any atom is -0.335 e. The summed E-state index contributed by atoms with van der Waals surface area (Å²) in [6, 6.07) is 2.28. The SMILES string of the molecule is Cn1nc(C2CC2)cc1NC(=O)NC1CCC2(CC2)C1. The molecule has 0 radical (unpaired) electrons. The van der Waals surface area contributed by atoms with Gasteiger partial charge in [0.05, 0.1) is 5.69 Å². The molecule has 1 unspecified atom stereocenters. The van der Waals surface area contributed by atoms with Gasteiger partial charge in [-0.25, -0.2) is 4.79 Å². The first kappa shape index (κ1) is 12.2. The molecule has 1 spiro atoms. The van der Waals surface area contributed by atoms with Crippen molar-refractivity contribution in [3.05, 3.63) is 11.8 Å². The summed E-state index contributed by atoms with van der Waals surface area (Å²) in [6.45, 7) is 0. The van der Waals surface area contributed by atoms with E-state index in [0.717, 1.165) is 17.9 Å². The van der Waals surface area contributed by atoms with Crippen LogP contribution in [0.3, 0.4) is 0 Å². The molecular formula is C15H22N4O. The van der Waals surface area contributed by atoms with E-state index in [-0.39, 0.29) is 6.03 Å². The molecule has 2 N–H and O–H groups in total. The second-order valence-corrected chi connectivity index (χ2v) is 6.89. The molecule has 0 saturated heterocycles. The second-order valence-electron chi connectivity index (χ2n) is 6.89. The summed E-state index contributed by atoms with van der Waals surface area (Å²) in [4.78, 5) is 12.1. The number of anilines is 1. The Bertz CT molecular complexity index is 542. The summed E-state index contributed by atoms with van der Waals surface area (Å²) in [7, 11) is 1.89. The summed E-state index contributed by atoms with van der Waals surface area (Å²) >= 11 is 0. The third-order valence-corrected chi connectivity index (χ3v) is 5.13. The van der Waals surface area contributed by atoms with Crippen molar-refractivity contribution in [2.24, 2.45) is 12.5 Å². The van der Waals surface area contributed by atoms with Gasteiger partial charge in [0.15, 0.2) is 0 Å². The zero-order chi connectivity index (χ0) is 13.7. The Kier molecular flexibility index (Phi) is 2.59. The number of amides is 2. The van der Waals surface area contributed by atoms with Crippen molar-refractivity contribution >= 4 is 11.8 Å². The van der Waals surface area contributed by atoms with Gasteiger partial charge in [-0.15, -0.1) is 0 Å². The summed E-state index contributed by atoms with van der Waals surface area (Å²) in [6.07, 6.45) is 8.76. The molecule has 4 rings (SSSR count). The van der Waals surface area contributed by atoms with Gasteiger partial charge in [0.2, 0.25) is 0 Å². The number of aromatic nitrogens is 2. The van der Waals surface area contributed by atoms with E-state index in [4.69, 9.17) is 0 Å². The molecule has 20 heavy (non-hydrogen) atoms. The number of carbonyl (C=O) groups is 1. The van der Waals surface area contributed by atoms with Gasteiger partial charge in [-0.2, -0.15) is 5.10 Å². The van der Waals surface area contributed by atoms with Gasteiger partial charge in [-0.3, -0.25) is 10.00 Å². The summed E-state index contributed by atoms with van der Waals surface area (Å²) in [5.41, 5.74) is 1.71. The van der Waals surface area contributed by atoms with Crippen molar-refractivity contribution in [1.82, 2.24) is 15.1 Å². The Balaban J connectivity index is 1.35. The molecule has 2 amide bonds. The van der Waals surface area contributed by atoms with Crippen LogP contribution in [-0.2, 0) is 7.05 Å². The van der Waals surface area contributed by atoms with E-state index < -0.39 is 0 Å². The lowest BCUT2D eigenvalue weighted by molar-refractivity contribution is 0.248. The van der Waals surface area contributed by atoms with E-state index in [1.807, 2.05) is 13.1 Å². The van der Waals surface area contributed by atoms with Crippen LogP contribution >= 0.6 is 0 Å². The number of urea groups is 1. The zero-order valence-electron chi connectivity index (χ0n) is 12.0. The second kappa shape index (κ2) is 4.24. The number of hydrogen-bond acceptors (Lipinski definition) is 2. The molecule has 3 aliphatic rings. The lowest BCUT2D eigenvalue weighted by Crippen LogP contribution is -2.36. The van der Waals surface area contributed by atoms with Crippen LogP contribution in [0.25, 0.3) is 0 Å². The predicted octanol–water partition coefficient (Wildman–Crippen LogP) is 2.75. The molecule has 1 aromatic rings. The van der Waals surface area contributed by atoms with Gasteiger partial charge in [-0.05, 0) is 50.4 Å². The largest absolute Gasteiger partial charge is 0.335 e. The summed E-state index contributed by atoms with van der Waals surface area (Å²) in [5, 5.41) is 10.5. The Morgan fingerprint density at radius 2 is 2.15 bits per heavy atom. The molecule has 5 heteroatoms. The molecule has 108 valence electrons. The molecule has 1 aromatic heterocycles. The monoisotopic (exact) mass is 274 g/mol. The number of rotatable bonds is 3. The summed E-state index contributed by atoms with van der Waals surface area (Å²) < 4.78 is 1.77. The molecule has 3 saturated carbocycles. The average molecular weight is 274 g/mol. The highest BCUT2D eigenvalue weighted by Crippen LogP contribution is 2.57. The fourth-order valence-electron chi connectivity index (χ4n) is 3.48. The Hall–Kier alpha value is -1.52. The third-order valence-electron chi connectivity index (χ3n) is 5.13. The highest BCUT2D eigenvalue weighted by molar-refractivity contribution is 5.88. The Morgan fingerprint density at radius 1 is 1.35 bits per heavy atom. The van der Waals surface area contributed by atoms with E-state index in [2.05, 4.69) is 15.7 Å². The van der Waals surface area contributed by atoms with E-state index in [0.29, 0.717) is 17.4 Å².